The van der Waals surface area contributed by atoms with E-state index in [4.69, 9.17) is 9.79 Å². The Labute approximate surface area is 158 Å². The molecule has 9 heteroatoms. The first-order chi connectivity index (χ1) is 12.7. The summed E-state index contributed by atoms with van der Waals surface area (Å²) < 4.78 is 26.2. The molecule has 0 saturated heterocycles. The fourth-order valence-corrected chi connectivity index (χ4v) is 3.63. The van der Waals surface area contributed by atoms with Crippen LogP contribution in [-0.2, 0) is 11.2 Å². The lowest BCUT2D eigenvalue weighted by Gasteiger charge is -2.17. The van der Waals surface area contributed by atoms with E-state index in [0.717, 1.165) is 18.3 Å². The second-order valence-corrected chi connectivity index (χ2v) is 8.43. The van der Waals surface area contributed by atoms with Crippen molar-refractivity contribution in [3.8, 4) is 0 Å². The van der Waals surface area contributed by atoms with Gasteiger partial charge in [-0.2, -0.15) is 0 Å². The van der Waals surface area contributed by atoms with Gasteiger partial charge in [-0.05, 0) is 43.2 Å². The Bertz CT molecular complexity index is 779. The smallest absolute Gasteiger partial charge is 0.231 e. The van der Waals surface area contributed by atoms with Crippen molar-refractivity contribution in [2.75, 3.05) is 7.05 Å². The number of aromatic amines is 1. The van der Waals surface area contributed by atoms with Gasteiger partial charge in [0.1, 0.15) is 17.0 Å². The molecule has 0 radical (unpaired) electrons. The van der Waals surface area contributed by atoms with Crippen molar-refractivity contribution >= 4 is 25.3 Å². The summed E-state index contributed by atoms with van der Waals surface area (Å²) in [6, 6.07) is 2.65. The van der Waals surface area contributed by atoms with Crippen molar-refractivity contribution in [1.29, 1.82) is 0 Å². The van der Waals surface area contributed by atoms with Gasteiger partial charge in [0.05, 0.1) is 5.52 Å². The monoisotopic (exact) mass is 401 g/mol. The molecule has 1 fully saturated rings. The van der Waals surface area contributed by atoms with Crippen LogP contribution in [0.1, 0.15) is 38.9 Å². The first-order valence-electron chi connectivity index (χ1n) is 8.94. The Kier molecular flexibility index (Phi) is 7.65. The Hall–Kier alpha value is -1.63. The first-order valence-corrected chi connectivity index (χ1v) is 10.3. The predicted molar refractivity (Wildman–Crippen MR) is 101 cm³/mol. The van der Waals surface area contributed by atoms with Gasteiger partial charge in [0.25, 0.3) is 0 Å². The van der Waals surface area contributed by atoms with Crippen LogP contribution in [0.3, 0.4) is 0 Å². The number of halogens is 2. The standard InChI is InChI=1S/C11H10F2N2.C7H16NO3P/c12-7-3-4-8-11(10(7)13)15-9(14-8)5-6-1-2-6;1-5(2)4-6(12(10)11)7(9)8-3/h3-4,6H,1-2,5H2,(H,14,15);5-6,10-11H,4H2,1-3H3,(H,8,9). The maximum Gasteiger partial charge on any atom is 0.231 e. The Morgan fingerprint density at radius 3 is 2.56 bits per heavy atom. The zero-order valence-electron chi connectivity index (χ0n) is 15.7. The van der Waals surface area contributed by atoms with Gasteiger partial charge < -0.3 is 20.1 Å². The number of imidazole rings is 1. The number of hydrogen-bond acceptors (Lipinski definition) is 4. The molecule has 2 aromatic rings. The van der Waals surface area contributed by atoms with Crippen LogP contribution in [0, 0.1) is 23.5 Å². The van der Waals surface area contributed by atoms with Crippen LogP contribution >= 0.6 is 8.38 Å². The first kappa shape index (κ1) is 21.7. The summed E-state index contributed by atoms with van der Waals surface area (Å²) in [7, 11) is -0.659. The molecule has 27 heavy (non-hydrogen) atoms. The largest absolute Gasteiger partial charge is 0.358 e. The molecule has 1 aliphatic carbocycles. The lowest BCUT2D eigenvalue weighted by molar-refractivity contribution is -0.120. The van der Waals surface area contributed by atoms with E-state index in [1.807, 2.05) is 13.8 Å². The summed E-state index contributed by atoms with van der Waals surface area (Å²) in [5, 5.41) is 2.41. The summed E-state index contributed by atoms with van der Waals surface area (Å²) in [6.45, 7) is 3.88. The molecule has 0 spiro atoms. The number of aromatic nitrogens is 2. The Morgan fingerprint density at radius 2 is 2.04 bits per heavy atom. The van der Waals surface area contributed by atoms with Gasteiger partial charge in [0.15, 0.2) is 20.0 Å². The fraction of sp³-hybridized carbons (Fsp3) is 0.556. The van der Waals surface area contributed by atoms with Crippen LogP contribution in [0.5, 0.6) is 0 Å². The van der Waals surface area contributed by atoms with Crippen molar-refractivity contribution in [2.24, 2.45) is 11.8 Å². The molecule has 1 aromatic heterocycles. The van der Waals surface area contributed by atoms with E-state index in [9.17, 15) is 13.6 Å². The minimum Gasteiger partial charge on any atom is -0.358 e. The lowest BCUT2D eigenvalue weighted by Crippen LogP contribution is -2.31. The summed E-state index contributed by atoms with van der Waals surface area (Å²) in [5.74, 6) is -0.260. The molecular weight excluding hydrogens is 375 g/mol. The molecule has 0 aliphatic heterocycles. The normalized spacial score (nSPS) is 15.0. The van der Waals surface area contributed by atoms with Gasteiger partial charge >= 0.3 is 0 Å². The number of nitrogens with zero attached hydrogens (tertiary/aromatic N) is 1. The summed E-state index contributed by atoms with van der Waals surface area (Å²) >= 11 is 0. The average molecular weight is 401 g/mol. The van der Waals surface area contributed by atoms with Crippen LogP contribution in [0.2, 0.25) is 0 Å². The molecule has 1 atom stereocenters. The second kappa shape index (κ2) is 9.53. The van der Waals surface area contributed by atoms with Crippen LogP contribution < -0.4 is 5.32 Å². The highest BCUT2D eigenvalue weighted by molar-refractivity contribution is 7.47. The predicted octanol–water partition coefficient (Wildman–Crippen LogP) is 3.24. The summed E-state index contributed by atoms with van der Waals surface area (Å²) in [5.41, 5.74) is 0.0419. The van der Waals surface area contributed by atoms with Gasteiger partial charge in [-0.25, -0.2) is 13.8 Å². The minimum absolute atomic E-state index is 0.116. The van der Waals surface area contributed by atoms with Gasteiger partial charge in [-0.1, -0.05) is 13.8 Å². The molecular formula is C18H26F2N3O3P. The number of H-pyrrole nitrogens is 1. The van der Waals surface area contributed by atoms with E-state index >= 15 is 0 Å². The molecule has 6 nitrogen and oxygen atoms in total. The quantitative estimate of drug-likeness (QED) is 0.559. The zero-order valence-corrected chi connectivity index (χ0v) is 16.6. The van der Waals surface area contributed by atoms with Gasteiger partial charge in [0, 0.05) is 13.5 Å². The molecule has 1 unspecified atom stereocenters. The SMILES string of the molecule is CNC(=O)C(CC(C)C)P(O)O.Fc1ccc2[nH]c(CC3CC3)nc2c1F. The van der Waals surface area contributed by atoms with Crippen molar-refractivity contribution in [3.05, 3.63) is 29.6 Å². The van der Waals surface area contributed by atoms with Crippen molar-refractivity contribution in [1.82, 2.24) is 15.3 Å². The molecule has 1 aliphatic rings. The van der Waals surface area contributed by atoms with E-state index in [1.165, 1.54) is 26.0 Å². The maximum atomic E-state index is 13.3. The highest BCUT2D eigenvalue weighted by Crippen LogP contribution is 2.35. The topological polar surface area (TPSA) is 98.2 Å². The van der Waals surface area contributed by atoms with Crippen LogP contribution in [-0.4, -0.2) is 38.4 Å². The third-order valence-electron chi connectivity index (χ3n) is 4.30. The zero-order chi connectivity index (χ0) is 20.1. The summed E-state index contributed by atoms with van der Waals surface area (Å²) in [4.78, 5) is 36.0. The third kappa shape index (κ3) is 6.19. The van der Waals surface area contributed by atoms with E-state index in [1.54, 1.807) is 0 Å². The summed E-state index contributed by atoms with van der Waals surface area (Å²) in [6.07, 6.45) is 3.79. The van der Waals surface area contributed by atoms with Crippen LogP contribution in [0.4, 0.5) is 8.78 Å². The lowest BCUT2D eigenvalue weighted by atomic mass is 10.1. The second-order valence-electron chi connectivity index (χ2n) is 7.17. The Balaban J connectivity index is 0.000000201. The maximum absolute atomic E-state index is 13.3. The van der Waals surface area contributed by atoms with Crippen molar-refractivity contribution < 1.29 is 23.4 Å². The van der Waals surface area contributed by atoms with Gasteiger partial charge in [-0.15, -0.1) is 0 Å². The molecule has 3 rings (SSSR count). The number of carbonyl (C=O) groups excluding carboxylic acids is 1. The fourth-order valence-electron chi connectivity index (χ4n) is 2.68. The average Bonchev–Trinajstić information content (AvgIpc) is 3.32. The van der Waals surface area contributed by atoms with Crippen molar-refractivity contribution in [2.45, 2.75) is 45.2 Å². The van der Waals surface area contributed by atoms with Gasteiger partial charge in [-0.3, -0.25) is 4.79 Å². The highest BCUT2D eigenvalue weighted by atomic mass is 31.2. The molecule has 0 bridgehead atoms. The number of carbonyl (C=O) groups is 1. The van der Waals surface area contributed by atoms with E-state index in [-0.39, 0.29) is 17.3 Å². The molecule has 1 aromatic carbocycles. The molecule has 4 N–H and O–H groups in total. The third-order valence-corrected chi connectivity index (χ3v) is 5.30. The highest BCUT2D eigenvalue weighted by Gasteiger charge is 2.26. The van der Waals surface area contributed by atoms with Crippen LogP contribution in [0.15, 0.2) is 12.1 Å². The number of fused-ring (bicyclic) bond motifs is 1. The minimum atomic E-state index is -2.15. The number of amides is 1. The van der Waals surface area contributed by atoms with Gasteiger partial charge in [0.2, 0.25) is 5.91 Å². The molecule has 150 valence electrons. The molecule has 1 amide bonds. The number of rotatable bonds is 6. The Morgan fingerprint density at radius 1 is 1.37 bits per heavy atom. The number of hydrogen-bond donors (Lipinski definition) is 4. The number of nitrogens with one attached hydrogen (secondary N) is 2. The van der Waals surface area contributed by atoms with Crippen molar-refractivity contribution in [3.63, 3.8) is 0 Å². The van der Waals surface area contributed by atoms with E-state index < -0.39 is 25.7 Å². The van der Waals surface area contributed by atoms with E-state index in [0.29, 0.717) is 17.9 Å². The number of benzene rings is 1. The molecule has 1 saturated carbocycles. The van der Waals surface area contributed by atoms with E-state index in [2.05, 4.69) is 15.3 Å². The molecule has 1 heterocycles. The van der Waals surface area contributed by atoms with Crippen LogP contribution in [0.25, 0.3) is 11.0 Å².